The van der Waals surface area contributed by atoms with Crippen LogP contribution >= 0.6 is 0 Å². The third-order valence-corrected chi connectivity index (χ3v) is 6.68. The zero-order valence-corrected chi connectivity index (χ0v) is 13.7. The summed E-state index contributed by atoms with van der Waals surface area (Å²) in [6.45, 7) is 4.75. The van der Waals surface area contributed by atoms with Gasteiger partial charge in [0.25, 0.3) is 10.2 Å². The van der Waals surface area contributed by atoms with Crippen molar-refractivity contribution >= 4 is 10.2 Å². The maximum atomic E-state index is 12.5. The molecule has 2 aliphatic rings. The molecule has 2 aliphatic heterocycles. The Hall–Kier alpha value is -1.19. The highest BCUT2D eigenvalue weighted by Crippen LogP contribution is 2.28. The van der Waals surface area contributed by atoms with Gasteiger partial charge in [0.1, 0.15) is 5.82 Å². The van der Waals surface area contributed by atoms with E-state index in [0.29, 0.717) is 45.6 Å². The lowest BCUT2D eigenvalue weighted by Crippen LogP contribution is -2.46. The average molecular weight is 329 g/mol. The number of nitrogens with one attached hydrogen (secondary N) is 1. The van der Waals surface area contributed by atoms with E-state index in [1.54, 1.807) is 13.2 Å². The Labute approximate surface area is 130 Å². The van der Waals surface area contributed by atoms with Crippen LogP contribution in [0.1, 0.15) is 44.3 Å². The number of aromatic nitrogens is 3. The number of rotatable bonds is 4. The lowest BCUT2D eigenvalue weighted by Gasteiger charge is -2.33. The summed E-state index contributed by atoms with van der Waals surface area (Å²) in [6.07, 6.45) is 3.31. The third-order valence-electron chi connectivity index (χ3n) is 4.64. The number of hydrogen-bond donors (Lipinski definition) is 1. The van der Waals surface area contributed by atoms with Crippen molar-refractivity contribution in [1.29, 1.82) is 0 Å². The largest absolute Gasteiger partial charge is 0.343 e. The van der Waals surface area contributed by atoms with Crippen LogP contribution in [-0.4, -0.2) is 58.0 Å². The van der Waals surface area contributed by atoms with Gasteiger partial charge in [-0.2, -0.15) is 22.1 Å². The molecule has 0 aliphatic carbocycles. The van der Waals surface area contributed by atoms with E-state index >= 15 is 0 Å². The molecule has 0 amide bonds. The van der Waals surface area contributed by atoms with E-state index < -0.39 is 10.2 Å². The first-order valence-electron chi connectivity index (χ1n) is 7.94. The van der Waals surface area contributed by atoms with E-state index in [-0.39, 0.29) is 11.6 Å². The van der Waals surface area contributed by atoms with Crippen molar-refractivity contribution in [3.8, 4) is 0 Å². The number of piperidine rings is 1. The monoisotopic (exact) mass is 329 g/mol. The van der Waals surface area contributed by atoms with Crippen LogP contribution in [0.3, 0.4) is 0 Å². The Morgan fingerprint density at radius 3 is 2.32 bits per heavy atom. The van der Waals surface area contributed by atoms with Crippen LogP contribution in [-0.2, 0) is 16.8 Å². The van der Waals surface area contributed by atoms with Crippen LogP contribution in [0.4, 0.5) is 0 Å². The SMILES string of the molecule is CCn1c(C2CCN(S(=O)(=O)N3CCCC3)CC2)n[nH]c1=O. The Morgan fingerprint density at radius 1 is 1.14 bits per heavy atom. The second-order valence-electron chi connectivity index (χ2n) is 5.92. The second-order valence-corrected chi connectivity index (χ2v) is 7.85. The third kappa shape index (κ3) is 2.72. The Balaban J connectivity index is 1.68. The molecule has 1 N–H and O–H groups in total. The summed E-state index contributed by atoms with van der Waals surface area (Å²) in [7, 11) is -3.31. The van der Waals surface area contributed by atoms with Gasteiger partial charge < -0.3 is 0 Å². The molecule has 124 valence electrons. The van der Waals surface area contributed by atoms with Crippen LogP contribution < -0.4 is 5.69 Å². The maximum Gasteiger partial charge on any atom is 0.343 e. The average Bonchev–Trinajstić information content (AvgIpc) is 3.17. The van der Waals surface area contributed by atoms with E-state index in [0.717, 1.165) is 18.7 Å². The molecule has 8 nitrogen and oxygen atoms in total. The smallest absolute Gasteiger partial charge is 0.279 e. The molecule has 0 aromatic carbocycles. The first-order valence-corrected chi connectivity index (χ1v) is 9.34. The highest BCUT2D eigenvalue weighted by atomic mass is 32.2. The van der Waals surface area contributed by atoms with Gasteiger partial charge >= 0.3 is 5.69 Å². The molecule has 1 aromatic heterocycles. The number of hydrogen-bond acceptors (Lipinski definition) is 4. The predicted molar refractivity (Wildman–Crippen MR) is 81.8 cm³/mol. The highest BCUT2D eigenvalue weighted by Gasteiger charge is 2.35. The van der Waals surface area contributed by atoms with Gasteiger partial charge in [-0.1, -0.05) is 0 Å². The lowest BCUT2D eigenvalue weighted by molar-refractivity contribution is 0.288. The second kappa shape index (κ2) is 6.13. The van der Waals surface area contributed by atoms with Crippen LogP contribution in [0.25, 0.3) is 0 Å². The zero-order valence-electron chi connectivity index (χ0n) is 12.9. The van der Waals surface area contributed by atoms with Crippen LogP contribution in [0.5, 0.6) is 0 Å². The minimum atomic E-state index is -3.31. The standard InChI is InChI=1S/C13H23N5O3S/c1-2-18-12(14-15-13(18)19)11-5-9-17(10-6-11)22(20,21)16-7-3-4-8-16/h11H,2-10H2,1H3,(H,15,19). The van der Waals surface area contributed by atoms with Gasteiger partial charge in [0.15, 0.2) is 0 Å². The Bertz CT molecular complexity index is 666. The molecule has 2 fully saturated rings. The molecule has 0 unspecified atom stereocenters. The molecule has 3 rings (SSSR count). The summed E-state index contributed by atoms with van der Waals surface area (Å²) in [5.74, 6) is 0.898. The van der Waals surface area contributed by atoms with E-state index in [9.17, 15) is 13.2 Å². The van der Waals surface area contributed by atoms with Gasteiger partial charge in [0.2, 0.25) is 0 Å². The summed E-state index contributed by atoms with van der Waals surface area (Å²) in [5.41, 5.74) is -0.190. The summed E-state index contributed by atoms with van der Waals surface area (Å²) >= 11 is 0. The Kier molecular flexibility index (Phi) is 4.37. The van der Waals surface area contributed by atoms with Gasteiger partial charge in [-0.3, -0.25) is 4.57 Å². The molecular formula is C13H23N5O3S. The molecule has 0 spiro atoms. The molecule has 1 aromatic rings. The van der Waals surface area contributed by atoms with Crippen molar-refractivity contribution in [1.82, 2.24) is 23.4 Å². The lowest BCUT2D eigenvalue weighted by atomic mass is 9.97. The summed E-state index contributed by atoms with van der Waals surface area (Å²) in [6, 6.07) is 0. The zero-order chi connectivity index (χ0) is 15.7. The highest BCUT2D eigenvalue weighted by molar-refractivity contribution is 7.86. The minimum absolute atomic E-state index is 0.143. The number of aromatic amines is 1. The molecule has 9 heteroatoms. The molecule has 0 bridgehead atoms. The Morgan fingerprint density at radius 2 is 1.73 bits per heavy atom. The number of nitrogens with zero attached hydrogens (tertiary/aromatic N) is 4. The molecule has 0 radical (unpaired) electrons. The molecule has 22 heavy (non-hydrogen) atoms. The van der Waals surface area contributed by atoms with Gasteiger partial charge in [-0.05, 0) is 32.6 Å². The molecule has 0 atom stereocenters. The fourth-order valence-corrected chi connectivity index (χ4v) is 5.09. The van der Waals surface area contributed by atoms with Crippen molar-refractivity contribution in [3.63, 3.8) is 0 Å². The molecular weight excluding hydrogens is 306 g/mol. The van der Waals surface area contributed by atoms with Crippen molar-refractivity contribution in [2.24, 2.45) is 0 Å². The van der Waals surface area contributed by atoms with Crippen LogP contribution in [0, 0.1) is 0 Å². The van der Waals surface area contributed by atoms with Gasteiger partial charge in [-0.15, -0.1) is 0 Å². The van der Waals surface area contributed by atoms with Crippen LogP contribution in [0.2, 0.25) is 0 Å². The summed E-state index contributed by atoms with van der Waals surface area (Å²) < 4.78 is 29.9. The van der Waals surface area contributed by atoms with Crippen molar-refractivity contribution in [2.75, 3.05) is 26.2 Å². The minimum Gasteiger partial charge on any atom is -0.279 e. The van der Waals surface area contributed by atoms with Crippen molar-refractivity contribution < 1.29 is 8.42 Å². The fraction of sp³-hybridized carbons (Fsp3) is 0.846. The number of H-pyrrole nitrogens is 1. The molecule has 3 heterocycles. The maximum absolute atomic E-state index is 12.5. The molecule has 2 saturated heterocycles. The van der Waals surface area contributed by atoms with Crippen molar-refractivity contribution in [2.45, 2.75) is 45.1 Å². The quantitative estimate of drug-likeness (QED) is 0.849. The van der Waals surface area contributed by atoms with E-state index in [2.05, 4.69) is 10.2 Å². The summed E-state index contributed by atoms with van der Waals surface area (Å²) in [4.78, 5) is 11.6. The van der Waals surface area contributed by atoms with Crippen LogP contribution in [0.15, 0.2) is 4.79 Å². The van der Waals surface area contributed by atoms with Gasteiger partial charge in [0.05, 0.1) is 0 Å². The first-order chi connectivity index (χ1) is 10.5. The predicted octanol–water partition coefficient (Wildman–Crippen LogP) is 0.111. The first kappa shape index (κ1) is 15.7. The van der Waals surface area contributed by atoms with Gasteiger partial charge in [-0.25, -0.2) is 9.89 Å². The summed E-state index contributed by atoms with van der Waals surface area (Å²) in [5, 5.41) is 6.61. The van der Waals surface area contributed by atoms with E-state index in [4.69, 9.17) is 0 Å². The van der Waals surface area contributed by atoms with E-state index in [1.807, 2.05) is 6.92 Å². The fourth-order valence-electron chi connectivity index (χ4n) is 3.37. The molecule has 0 saturated carbocycles. The topological polar surface area (TPSA) is 91.3 Å². The van der Waals surface area contributed by atoms with Gasteiger partial charge in [0, 0.05) is 38.6 Å². The normalized spacial score (nSPS) is 22.4. The van der Waals surface area contributed by atoms with Crippen molar-refractivity contribution in [3.05, 3.63) is 16.3 Å². The van der Waals surface area contributed by atoms with E-state index in [1.165, 1.54) is 0 Å².